The van der Waals surface area contributed by atoms with Crippen molar-refractivity contribution in [1.82, 2.24) is 5.01 Å². The van der Waals surface area contributed by atoms with E-state index in [9.17, 15) is 9.59 Å². The molecule has 3 aromatic carbocycles. The molecule has 3 aromatic rings. The molecule has 39 heavy (non-hydrogen) atoms. The summed E-state index contributed by atoms with van der Waals surface area (Å²) in [5.41, 5.74) is 4.71. The fourth-order valence-electron chi connectivity index (χ4n) is 4.65. The average Bonchev–Trinajstić information content (AvgIpc) is 3.68. The van der Waals surface area contributed by atoms with Crippen molar-refractivity contribution in [3.8, 4) is 17.2 Å². The molecule has 10 heteroatoms. The Kier molecular flexibility index (Phi) is 6.70. The third kappa shape index (κ3) is 5.20. The van der Waals surface area contributed by atoms with Gasteiger partial charge in [-0.2, -0.15) is 10.1 Å². The number of amides is 2. The maximum Gasteiger partial charge on any atom is 0.262 e. The zero-order chi connectivity index (χ0) is 26.9. The van der Waals surface area contributed by atoms with Crippen molar-refractivity contribution in [3.05, 3.63) is 83.4 Å². The van der Waals surface area contributed by atoms with Crippen LogP contribution in [0.3, 0.4) is 0 Å². The molecule has 0 aliphatic carbocycles. The molecule has 3 aliphatic rings. The van der Waals surface area contributed by atoms with E-state index in [4.69, 9.17) is 19.3 Å². The van der Waals surface area contributed by atoms with Gasteiger partial charge in [-0.15, -0.1) is 0 Å². The molecule has 2 amide bonds. The minimum atomic E-state index is -0.635. The minimum Gasteiger partial charge on any atom is -0.497 e. The molecule has 0 spiro atoms. The highest BCUT2D eigenvalue weighted by atomic mass is 32.2. The predicted octanol–water partition coefficient (Wildman–Crippen LogP) is 4.91. The monoisotopic (exact) mass is 542 g/mol. The standard InChI is InChI=1S/C29H26N4O5S/c1-17-3-5-18(6-4-17)22-14-23(19-7-10-21(36-2)11-8-19)33(32-22)29-31-28(35)26(39-29)15-27(34)30-20-9-12-24-25(13-20)38-16-37-24/h3-13,23,26H,14-16H2,1-2H3,(H,30,34)/t23-,26+/m0/s1. The van der Waals surface area contributed by atoms with Crippen LogP contribution in [0.15, 0.2) is 76.8 Å². The topological polar surface area (TPSA) is 102 Å². The summed E-state index contributed by atoms with van der Waals surface area (Å²) in [7, 11) is 1.63. The van der Waals surface area contributed by atoms with Gasteiger partial charge in [0.2, 0.25) is 12.7 Å². The number of benzene rings is 3. The van der Waals surface area contributed by atoms with Crippen molar-refractivity contribution in [3.63, 3.8) is 0 Å². The van der Waals surface area contributed by atoms with Crippen LogP contribution in [0.4, 0.5) is 5.69 Å². The minimum absolute atomic E-state index is 0.0134. The summed E-state index contributed by atoms with van der Waals surface area (Å²) < 4.78 is 16.0. The Morgan fingerprint density at radius 3 is 2.62 bits per heavy atom. The van der Waals surface area contributed by atoms with Gasteiger partial charge in [0.25, 0.3) is 5.91 Å². The van der Waals surface area contributed by atoms with Gasteiger partial charge in [-0.25, -0.2) is 5.01 Å². The second kappa shape index (κ2) is 10.5. The van der Waals surface area contributed by atoms with E-state index in [0.717, 1.165) is 22.6 Å². The third-order valence-corrected chi connectivity index (χ3v) is 7.89. The first-order chi connectivity index (χ1) is 19.0. The second-order valence-corrected chi connectivity index (χ2v) is 10.6. The Bertz CT molecular complexity index is 1490. The fraction of sp³-hybridized carbons (Fsp3) is 0.241. The molecule has 3 aliphatic heterocycles. The molecule has 0 radical (unpaired) electrons. The number of fused-ring (bicyclic) bond motifs is 1. The Hall–Kier alpha value is -4.31. The van der Waals surface area contributed by atoms with Gasteiger partial charge in [-0.05, 0) is 42.3 Å². The van der Waals surface area contributed by atoms with Crippen LogP contribution in [0, 0.1) is 6.92 Å². The number of rotatable bonds is 6. The van der Waals surface area contributed by atoms with Gasteiger partial charge in [-0.1, -0.05) is 53.7 Å². The quantitative estimate of drug-likeness (QED) is 0.472. The van der Waals surface area contributed by atoms with Crippen molar-refractivity contribution in [2.24, 2.45) is 10.1 Å². The number of anilines is 1. The van der Waals surface area contributed by atoms with Crippen LogP contribution in [0.25, 0.3) is 0 Å². The van der Waals surface area contributed by atoms with E-state index in [0.29, 0.717) is 28.8 Å². The number of nitrogens with one attached hydrogen (secondary N) is 1. The van der Waals surface area contributed by atoms with Gasteiger partial charge in [0.05, 0.1) is 18.9 Å². The van der Waals surface area contributed by atoms with Gasteiger partial charge in [0.1, 0.15) is 11.0 Å². The molecular weight excluding hydrogens is 516 g/mol. The van der Waals surface area contributed by atoms with Crippen molar-refractivity contribution in [2.75, 3.05) is 19.2 Å². The van der Waals surface area contributed by atoms with E-state index < -0.39 is 5.25 Å². The first kappa shape index (κ1) is 25.0. The first-order valence-corrected chi connectivity index (χ1v) is 13.4. The predicted molar refractivity (Wildman–Crippen MR) is 150 cm³/mol. The lowest BCUT2D eigenvalue weighted by atomic mass is 9.98. The molecule has 0 saturated heterocycles. The SMILES string of the molecule is COc1ccc([C@@H]2CC(c3ccc(C)cc3)=NN2C2=NC(=O)[C@@H](CC(=O)Nc3ccc4c(c3)OCO4)S2)cc1. The lowest BCUT2D eigenvalue weighted by molar-refractivity contribution is -0.121. The van der Waals surface area contributed by atoms with Crippen molar-refractivity contribution < 1.29 is 23.8 Å². The lowest BCUT2D eigenvalue weighted by Gasteiger charge is -2.23. The number of hydrazone groups is 1. The van der Waals surface area contributed by atoms with E-state index >= 15 is 0 Å². The molecule has 1 N–H and O–H groups in total. The summed E-state index contributed by atoms with van der Waals surface area (Å²) in [6.45, 7) is 2.20. The van der Waals surface area contributed by atoms with Crippen LogP contribution in [0.1, 0.15) is 35.6 Å². The molecule has 0 unspecified atom stereocenters. The maximum absolute atomic E-state index is 12.9. The van der Waals surface area contributed by atoms with Gasteiger partial charge in [0.15, 0.2) is 16.7 Å². The number of carbonyl (C=O) groups excluding carboxylic acids is 2. The van der Waals surface area contributed by atoms with Crippen LogP contribution in [0.5, 0.6) is 17.2 Å². The van der Waals surface area contributed by atoms with E-state index in [-0.39, 0.29) is 31.1 Å². The molecule has 9 nitrogen and oxygen atoms in total. The number of amidine groups is 1. The van der Waals surface area contributed by atoms with Crippen LogP contribution in [-0.2, 0) is 9.59 Å². The molecule has 3 heterocycles. The first-order valence-electron chi connectivity index (χ1n) is 12.5. The molecule has 0 fully saturated rings. The summed E-state index contributed by atoms with van der Waals surface area (Å²) in [5, 5.41) is 9.42. The lowest BCUT2D eigenvalue weighted by Crippen LogP contribution is -2.25. The summed E-state index contributed by atoms with van der Waals surface area (Å²) >= 11 is 1.27. The average molecular weight is 543 g/mol. The molecule has 198 valence electrons. The van der Waals surface area contributed by atoms with E-state index in [1.54, 1.807) is 25.3 Å². The Labute approximate surface area is 229 Å². The van der Waals surface area contributed by atoms with E-state index in [1.807, 2.05) is 36.2 Å². The van der Waals surface area contributed by atoms with Crippen LogP contribution in [0.2, 0.25) is 0 Å². The number of carbonyl (C=O) groups is 2. The van der Waals surface area contributed by atoms with Crippen molar-refractivity contribution in [1.29, 1.82) is 0 Å². The molecule has 0 aromatic heterocycles. The van der Waals surface area contributed by atoms with Gasteiger partial charge < -0.3 is 19.5 Å². The summed E-state index contributed by atoms with van der Waals surface area (Å²) in [6.07, 6.45) is 0.638. The van der Waals surface area contributed by atoms with E-state index in [1.165, 1.54) is 17.3 Å². The molecule has 0 bridgehead atoms. The zero-order valence-corrected chi connectivity index (χ0v) is 22.2. The molecular formula is C29H26N4O5S. The number of aryl methyl sites for hydroxylation is 1. The normalized spacial score (nSPS) is 19.6. The van der Waals surface area contributed by atoms with Gasteiger partial charge in [-0.3, -0.25) is 9.59 Å². The summed E-state index contributed by atoms with van der Waals surface area (Å²) in [5.74, 6) is 1.34. The molecule has 0 saturated carbocycles. The molecule has 2 atom stereocenters. The second-order valence-electron chi connectivity index (χ2n) is 9.41. The maximum atomic E-state index is 12.9. The fourth-order valence-corrected chi connectivity index (χ4v) is 5.71. The molecule has 6 rings (SSSR count). The highest BCUT2D eigenvalue weighted by Gasteiger charge is 2.39. The Morgan fingerprint density at radius 2 is 1.85 bits per heavy atom. The number of hydrogen-bond donors (Lipinski definition) is 1. The number of thioether (sulfide) groups is 1. The number of ether oxygens (including phenoxy) is 3. The Morgan fingerprint density at radius 1 is 1.08 bits per heavy atom. The number of aliphatic imine (C=N–C) groups is 1. The Balaban J connectivity index is 1.19. The van der Waals surface area contributed by atoms with Gasteiger partial charge in [0, 0.05) is 24.6 Å². The van der Waals surface area contributed by atoms with Crippen molar-refractivity contribution in [2.45, 2.75) is 31.1 Å². The number of methoxy groups -OCH3 is 1. The third-order valence-electron chi connectivity index (χ3n) is 6.75. The van der Waals surface area contributed by atoms with Crippen LogP contribution < -0.4 is 19.5 Å². The number of hydrogen-bond acceptors (Lipinski definition) is 8. The van der Waals surface area contributed by atoms with Crippen LogP contribution >= 0.6 is 11.8 Å². The summed E-state index contributed by atoms with van der Waals surface area (Å²) in [6, 6.07) is 21.1. The highest BCUT2D eigenvalue weighted by molar-refractivity contribution is 8.15. The zero-order valence-electron chi connectivity index (χ0n) is 21.4. The highest BCUT2D eigenvalue weighted by Crippen LogP contribution is 2.39. The number of nitrogens with zero attached hydrogens (tertiary/aromatic N) is 3. The van der Waals surface area contributed by atoms with Gasteiger partial charge >= 0.3 is 0 Å². The largest absolute Gasteiger partial charge is 0.497 e. The summed E-state index contributed by atoms with van der Waals surface area (Å²) in [4.78, 5) is 30.0. The van der Waals surface area contributed by atoms with E-state index in [2.05, 4.69) is 34.6 Å². The van der Waals surface area contributed by atoms with Crippen molar-refractivity contribution >= 4 is 40.1 Å². The van der Waals surface area contributed by atoms with Crippen LogP contribution in [-0.4, -0.2) is 46.9 Å². The smallest absolute Gasteiger partial charge is 0.262 e.